The lowest BCUT2D eigenvalue weighted by Gasteiger charge is -2.07. The summed E-state index contributed by atoms with van der Waals surface area (Å²) < 4.78 is 26.7. The molecule has 2 aromatic rings. The molecule has 0 aliphatic carbocycles. The Bertz CT molecular complexity index is 579. The van der Waals surface area contributed by atoms with Gasteiger partial charge in [0.1, 0.15) is 17.3 Å². The second-order valence-corrected chi connectivity index (χ2v) is 3.74. The number of benzene rings is 1. The highest BCUT2D eigenvalue weighted by Crippen LogP contribution is 2.18. The molecule has 2 rings (SSSR count). The SMILES string of the molecule is Cc1cc(C(=O)Nc2c(F)cccc2F)ccn1. The normalized spacial score (nSPS) is 10.2. The number of nitrogens with one attached hydrogen (secondary N) is 1. The molecule has 0 bridgehead atoms. The molecule has 0 atom stereocenters. The first-order chi connectivity index (χ1) is 8.58. The first kappa shape index (κ1) is 12.2. The molecule has 0 spiro atoms. The number of para-hydroxylation sites is 1. The predicted molar refractivity (Wildman–Crippen MR) is 63.3 cm³/mol. The standard InChI is InChI=1S/C13H10F2N2O/c1-8-7-9(5-6-16-8)13(18)17-12-10(14)3-2-4-11(12)15/h2-7H,1H3,(H,17,18). The van der Waals surface area contributed by atoms with Crippen LogP contribution in [-0.2, 0) is 0 Å². The molecule has 1 aromatic heterocycles. The Morgan fingerprint density at radius 2 is 1.89 bits per heavy atom. The average Bonchev–Trinajstić information content (AvgIpc) is 2.34. The minimum absolute atomic E-state index is 0.296. The van der Waals surface area contributed by atoms with Crippen molar-refractivity contribution in [1.29, 1.82) is 0 Å². The van der Waals surface area contributed by atoms with Crippen LogP contribution in [0.2, 0.25) is 0 Å². The van der Waals surface area contributed by atoms with Gasteiger partial charge in [0, 0.05) is 17.5 Å². The molecule has 0 saturated heterocycles. The fraction of sp³-hybridized carbons (Fsp3) is 0.0769. The molecule has 1 N–H and O–H groups in total. The zero-order chi connectivity index (χ0) is 13.1. The molecular formula is C13H10F2N2O. The number of carbonyl (C=O) groups excluding carboxylic acids is 1. The van der Waals surface area contributed by atoms with Crippen LogP contribution in [0.3, 0.4) is 0 Å². The smallest absolute Gasteiger partial charge is 0.255 e. The molecule has 0 aliphatic rings. The molecule has 1 amide bonds. The van der Waals surface area contributed by atoms with Crippen molar-refractivity contribution in [2.24, 2.45) is 0 Å². The summed E-state index contributed by atoms with van der Waals surface area (Å²) in [4.78, 5) is 15.7. The van der Waals surface area contributed by atoms with Crippen molar-refractivity contribution < 1.29 is 13.6 Å². The molecule has 0 radical (unpaired) electrons. The number of nitrogens with zero attached hydrogens (tertiary/aromatic N) is 1. The van der Waals surface area contributed by atoms with Crippen LogP contribution in [0, 0.1) is 18.6 Å². The Labute approximate surface area is 102 Å². The van der Waals surface area contributed by atoms with E-state index in [0.717, 1.165) is 12.1 Å². The number of halogens is 2. The van der Waals surface area contributed by atoms with Crippen LogP contribution in [0.1, 0.15) is 16.1 Å². The van der Waals surface area contributed by atoms with Crippen LogP contribution in [0.5, 0.6) is 0 Å². The number of amides is 1. The number of aromatic nitrogens is 1. The number of hydrogen-bond acceptors (Lipinski definition) is 2. The predicted octanol–water partition coefficient (Wildman–Crippen LogP) is 2.92. The molecule has 3 nitrogen and oxygen atoms in total. The van der Waals surface area contributed by atoms with E-state index in [1.54, 1.807) is 6.92 Å². The van der Waals surface area contributed by atoms with E-state index in [4.69, 9.17) is 0 Å². The third-order valence-electron chi connectivity index (χ3n) is 2.36. The van der Waals surface area contributed by atoms with E-state index in [9.17, 15) is 13.6 Å². The van der Waals surface area contributed by atoms with Gasteiger partial charge in [0.25, 0.3) is 5.91 Å². The van der Waals surface area contributed by atoms with Crippen LogP contribution in [-0.4, -0.2) is 10.9 Å². The van der Waals surface area contributed by atoms with Crippen molar-refractivity contribution in [3.05, 3.63) is 59.4 Å². The van der Waals surface area contributed by atoms with Crippen molar-refractivity contribution >= 4 is 11.6 Å². The maximum absolute atomic E-state index is 13.3. The zero-order valence-corrected chi connectivity index (χ0v) is 9.58. The van der Waals surface area contributed by atoms with E-state index in [1.165, 1.54) is 24.4 Å². The summed E-state index contributed by atoms with van der Waals surface area (Å²) in [5, 5.41) is 2.21. The highest BCUT2D eigenvalue weighted by atomic mass is 19.1. The van der Waals surface area contributed by atoms with Crippen molar-refractivity contribution in [2.45, 2.75) is 6.92 Å². The van der Waals surface area contributed by atoms with E-state index in [-0.39, 0.29) is 0 Å². The number of carbonyl (C=O) groups is 1. The van der Waals surface area contributed by atoms with E-state index in [1.807, 2.05) is 0 Å². The van der Waals surface area contributed by atoms with Gasteiger partial charge in [-0.05, 0) is 31.2 Å². The molecular weight excluding hydrogens is 238 g/mol. The highest BCUT2D eigenvalue weighted by Gasteiger charge is 2.13. The summed E-state index contributed by atoms with van der Waals surface area (Å²) in [6, 6.07) is 6.40. The minimum Gasteiger partial charge on any atom is -0.317 e. The Morgan fingerprint density at radius 1 is 1.22 bits per heavy atom. The largest absolute Gasteiger partial charge is 0.317 e. The maximum atomic E-state index is 13.3. The summed E-state index contributed by atoms with van der Waals surface area (Å²) in [6.07, 6.45) is 1.46. The van der Waals surface area contributed by atoms with Gasteiger partial charge in [-0.15, -0.1) is 0 Å². The van der Waals surface area contributed by atoms with Gasteiger partial charge in [-0.1, -0.05) is 6.07 Å². The second kappa shape index (κ2) is 4.91. The van der Waals surface area contributed by atoms with Gasteiger partial charge in [0.2, 0.25) is 0 Å². The van der Waals surface area contributed by atoms with Gasteiger partial charge in [0.05, 0.1) is 0 Å². The quantitative estimate of drug-likeness (QED) is 0.887. The molecule has 92 valence electrons. The molecule has 1 heterocycles. The van der Waals surface area contributed by atoms with Gasteiger partial charge < -0.3 is 5.32 Å². The third kappa shape index (κ3) is 2.51. The second-order valence-electron chi connectivity index (χ2n) is 3.74. The highest BCUT2D eigenvalue weighted by molar-refractivity contribution is 6.04. The number of rotatable bonds is 2. The number of hydrogen-bond donors (Lipinski definition) is 1. The van der Waals surface area contributed by atoms with Crippen LogP contribution < -0.4 is 5.32 Å². The first-order valence-corrected chi connectivity index (χ1v) is 5.26. The lowest BCUT2D eigenvalue weighted by molar-refractivity contribution is 0.102. The summed E-state index contributed by atoms with van der Waals surface area (Å²) in [5.74, 6) is -2.20. The Kier molecular flexibility index (Phi) is 3.32. The lowest BCUT2D eigenvalue weighted by atomic mass is 10.2. The number of pyridine rings is 1. The van der Waals surface area contributed by atoms with Gasteiger partial charge in [-0.3, -0.25) is 9.78 Å². The molecule has 0 unspecified atom stereocenters. The minimum atomic E-state index is -0.811. The summed E-state index contributed by atoms with van der Waals surface area (Å²) in [7, 11) is 0. The first-order valence-electron chi connectivity index (χ1n) is 5.26. The summed E-state index contributed by atoms with van der Waals surface area (Å²) in [6.45, 7) is 1.72. The van der Waals surface area contributed by atoms with Gasteiger partial charge >= 0.3 is 0 Å². The van der Waals surface area contributed by atoms with Crippen molar-refractivity contribution in [3.63, 3.8) is 0 Å². The Morgan fingerprint density at radius 3 is 2.50 bits per heavy atom. The van der Waals surface area contributed by atoms with Crippen molar-refractivity contribution in [1.82, 2.24) is 4.98 Å². The van der Waals surface area contributed by atoms with Crippen molar-refractivity contribution in [3.8, 4) is 0 Å². The zero-order valence-electron chi connectivity index (χ0n) is 9.58. The lowest BCUT2D eigenvalue weighted by Crippen LogP contribution is -2.14. The van der Waals surface area contributed by atoms with Crippen LogP contribution in [0.4, 0.5) is 14.5 Å². The van der Waals surface area contributed by atoms with E-state index < -0.39 is 23.2 Å². The summed E-state index contributed by atoms with van der Waals surface area (Å²) in [5.41, 5.74) is 0.499. The molecule has 5 heteroatoms. The van der Waals surface area contributed by atoms with Crippen LogP contribution in [0.25, 0.3) is 0 Å². The van der Waals surface area contributed by atoms with Crippen LogP contribution in [0.15, 0.2) is 36.5 Å². The monoisotopic (exact) mass is 248 g/mol. The summed E-state index contributed by atoms with van der Waals surface area (Å²) >= 11 is 0. The Hall–Kier alpha value is -2.30. The molecule has 18 heavy (non-hydrogen) atoms. The van der Waals surface area contributed by atoms with E-state index in [0.29, 0.717) is 11.3 Å². The fourth-order valence-corrected chi connectivity index (χ4v) is 1.49. The molecule has 1 aromatic carbocycles. The van der Waals surface area contributed by atoms with Gasteiger partial charge in [-0.2, -0.15) is 0 Å². The Balaban J connectivity index is 2.27. The molecule has 0 aliphatic heterocycles. The maximum Gasteiger partial charge on any atom is 0.255 e. The number of aryl methyl sites for hydroxylation is 1. The van der Waals surface area contributed by atoms with Gasteiger partial charge in [-0.25, -0.2) is 8.78 Å². The van der Waals surface area contributed by atoms with Crippen LogP contribution >= 0.6 is 0 Å². The van der Waals surface area contributed by atoms with Gasteiger partial charge in [0.15, 0.2) is 0 Å². The number of anilines is 1. The molecule has 0 fully saturated rings. The van der Waals surface area contributed by atoms with Crippen molar-refractivity contribution in [2.75, 3.05) is 5.32 Å². The van der Waals surface area contributed by atoms with E-state index in [2.05, 4.69) is 10.3 Å². The molecule has 0 saturated carbocycles. The fourth-order valence-electron chi connectivity index (χ4n) is 1.49. The third-order valence-corrected chi connectivity index (χ3v) is 2.36. The van der Waals surface area contributed by atoms with E-state index >= 15 is 0 Å². The average molecular weight is 248 g/mol. The topological polar surface area (TPSA) is 42.0 Å².